The highest BCUT2D eigenvalue weighted by Gasteiger charge is 2.08. The molecule has 1 N–H and O–H groups in total. The lowest BCUT2D eigenvalue weighted by molar-refractivity contribution is 0.466. The average molecular weight is 395 g/mol. The highest BCUT2D eigenvalue weighted by molar-refractivity contribution is 14.1. The molecule has 2 aromatic rings. The predicted molar refractivity (Wildman–Crippen MR) is 97.0 cm³/mol. The summed E-state index contributed by atoms with van der Waals surface area (Å²) >= 11 is 2.30. The zero-order valence-corrected chi connectivity index (χ0v) is 15.0. The van der Waals surface area contributed by atoms with Gasteiger partial charge >= 0.3 is 0 Å². The van der Waals surface area contributed by atoms with Gasteiger partial charge < -0.3 is 10.1 Å². The summed E-state index contributed by atoms with van der Waals surface area (Å²) in [6.45, 7) is 8.39. The largest absolute Gasteiger partial charge is 0.456 e. The molecule has 21 heavy (non-hydrogen) atoms. The molecule has 0 saturated carbocycles. The molecule has 0 aliphatic carbocycles. The van der Waals surface area contributed by atoms with Gasteiger partial charge in [0.15, 0.2) is 0 Å². The van der Waals surface area contributed by atoms with Gasteiger partial charge in [0.05, 0.1) is 3.57 Å². The summed E-state index contributed by atoms with van der Waals surface area (Å²) in [6.07, 6.45) is 0. The number of para-hydroxylation sites is 1. The maximum absolute atomic E-state index is 6.11. The predicted octanol–water partition coefficient (Wildman–Crippen LogP) is 5.14. The molecule has 0 spiro atoms. The summed E-state index contributed by atoms with van der Waals surface area (Å²) in [5.41, 5.74) is 2.46. The summed E-state index contributed by atoms with van der Waals surface area (Å²) in [5.74, 6) is 2.49. The smallest absolute Gasteiger partial charge is 0.140 e. The molecule has 0 bridgehead atoms. The van der Waals surface area contributed by atoms with Crippen molar-refractivity contribution in [2.24, 2.45) is 5.92 Å². The van der Waals surface area contributed by atoms with E-state index in [-0.39, 0.29) is 0 Å². The van der Waals surface area contributed by atoms with Crippen LogP contribution < -0.4 is 10.1 Å². The van der Waals surface area contributed by atoms with Crippen molar-refractivity contribution < 1.29 is 4.74 Å². The minimum atomic E-state index is 0.647. The second kappa shape index (κ2) is 7.80. The minimum absolute atomic E-state index is 0.647. The first-order chi connectivity index (χ1) is 10.1. The lowest BCUT2D eigenvalue weighted by atomic mass is 10.1. The number of aryl methyl sites for hydroxylation is 1. The van der Waals surface area contributed by atoms with E-state index < -0.39 is 0 Å². The van der Waals surface area contributed by atoms with Crippen LogP contribution in [0.5, 0.6) is 11.5 Å². The Morgan fingerprint density at radius 1 is 1.10 bits per heavy atom. The molecule has 3 heteroatoms. The Labute approximate surface area is 141 Å². The van der Waals surface area contributed by atoms with E-state index in [2.05, 4.69) is 72.9 Å². The van der Waals surface area contributed by atoms with Crippen molar-refractivity contribution in [3.05, 3.63) is 57.2 Å². The Bertz CT molecular complexity index is 596. The van der Waals surface area contributed by atoms with E-state index in [4.69, 9.17) is 4.74 Å². The number of hydrogen-bond donors (Lipinski definition) is 1. The molecule has 0 amide bonds. The first-order valence-electron chi connectivity index (χ1n) is 7.29. The highest BCUT2D eigenvalue weighted by atomic mass is 127. The van der Waals surface area contributed by atoms with Crippen LogP contribution in [0.15, 0.2) is 42.5 Å². The third-order valence-electron chi connectivity index (χ3n) is 3.14. The molecule has 2 rings (SSSR count). The van der Waals surface area contributed by atoms with E-state index >= 15 is 0 Å². The molecule has 0 unspecified atom stereocenters. The third-order valence-corrected chi connectivity index (χ3v) is 4.03. The summed E-state index contributed by atoms with van der Waals surface area (Å²) in [4.78, 5) is 0. The van der Waals surface area contributed by atoms with Crippen molar-refractivity contribution in [3.8, 4) is 11.5 Å². The molecule has 0 atom stereocenters. The summed E-state index contributed by atoms with van der Waals surface area (Å²) in [5, 5.41) is 3.49. The van der Waals surface area contributed by atoms with Crippen LogP contribution in [0.25, 0.3) is 0 Å². The zero-order chi connectivity index (χ0) is 15.2. The van der Waals surface area contributed by atoms with Gasteiger partial charge in [0.25, 0.3) is 0 Å². The fourth-order valence-electron chi connectivity index (χ4n) is 2.09. The van der Waals surface area contributed by atoms with Crippen LogP contribution >= 0.6 is 22.6 Å². The first-order valence-corrected chi connectivity index (χ1v) is 8.36. The van der Waals surface area contributed by atoms with Crippen molar-refractivity contribution >= 4 is 22.6 Å². The van der Waals surface area contributed by atoms with Gasteiger partial charge in [-0.3, -0.25) is 0 Å². The number of hydrogen-bond acceptors (Lipinski definition) is 2. The second-order valence-corrected chi connectivity index (χ2v) is 6.83. The van der Waals surface area contributed by atoms with Gasteiger partial charge in [-0.15, -0.1) is 0 Å². The van der Waals surface area contributed by atoms with Crippen molar-refractivity contribution in [2.75, 3.05) is 6.54 Å². The lowest BCUT2D eigenvalue weighted by Gasteiger charge is -2.14. The van der Waals surface area contributed by atoms with Crippen molar-refractivity contribution in [1.29, 1.82) is 0 Å². The van der Waals surface area contributed by atoms with E-state index in [1.807, 2.05) is 18.2 Å². The van der Waals surface area contributed by atoms with Crippen LogP contribution in [-0.4, -0.2) is 6.54 Å². The fraction of sp³-hybridized carbons (Fsp3) is 0.333. The van der Waals surface area contributed by atoms with Crippen LogP contribution in [0.1, 0.15) is 25.0 Å². The number of rotatable bonds is 6. The minimum Gasteiger partial charge on any atom is -0.456 e. The van der Waals surface area contributed by atoms with Gasteiger partial charge in [0, 0.05) is 12.1 Å². The fourth-order valence-corrected chi connectivity index (χ4v) is 2.58. The maximum atomic E-state index is 6.11. The normalized spacial score (nSPS) is 10.9. The number of nitrogens with one attached hydrogen (secondary N) is 1. The summed E-state index contributed by atoms with van der Waals surface area (Å²) < 4.78 is 7.23. The van der Waals surface area contributed by atoms with E-state index in [9.17, 15) is 0 Å². The molecule has 0 aromatic heterocycles. The molecule has 0 aliphatic rings. The van der Waals surface area contributed by atoms with Crippen LogP contribution in [0, 0.1) is 16.4 Å². The second-order valence-electron chi connectivity index (χ2n) is 5.67. The quantitative estimate of drug-likeness (QED) is 0.685. The van der Waals surface area contributed by atoms with E-state index in [0.29, 0.717) is 5.92 Å². The van der Waals surface area contributed by atoms with Gasteiger partial charge in [0.1, 0.15) is 11.5 Å². The van der Waals surface area contributed by atoms with E-state index in [0.717, 1.165) is 28.2 Å². The van der Waals surface area contributed by atoms with E-state index in [1.54, 1.807) is 0 Å². The van der Waals surface area contributed by atoms with Crippen LogP contribution in [-0.2, 0) is 6.54 Å². The Balaban J connectivity index is 2.16. The van der Waals surface area contributed by atoms with Crippen LogP contribution in [0.3, 0.4) is 0 Å². The average Bonchev–Trinajstić information content (AvgIpc) is 2.43. The van der Waals surface area contributed by atoms with Gasteiger partial charge in [-0.25, -0.2) is 0 Å². The molecule has 2 nitrogen and oxygen atoms in total. The van der Waals surface area contributed by atoms with Crippen LogP contribution in [0.2, 0.25) is 0 Å². The molecule has 0 radical (unpaired) electrons. The first kappa shape index (κ1) is 16.3. The molecular formula is C18H22INO. The maximum Gasteiger partial charge on any atom is 0.140 e. The molecule has 0 aliphatic heterocycles. The van der Waals surface area contributed by atoms with E-state index in [1.165, 1.54) is 11.1 Å². The van der Waals surface area contributed by atoms with Crippen molar-refractivity contribution in [3.63, 3.8) is 0 Å². The zero-order valence-electron chi connectivity index (χ0n) is 12.8. The molecule has 112 valence electrons. The Morgan fingerprint density at radius 3 is 2.57 bits per heavy atom. The van der Waals surface area contributed by atoms with Crippen molar-refractivity contribution in [2.45, 2.75) is 27.3 Å². The van der Waals surface area contributed by atoms with Gasteiger partial charge in [0.2, 0.25) is 0 Å². The number of benzene rings is 2. The highest BCUT2D eigenvalue weighted by Crippen LogP contribution is 2.29. The SMILES string of the molecule is Cc1ccc(Oc2ccccc2I)c(CNCC(C)C)c1. The van der Waals surface area contributed by atoms with Gasteiger partial charge in [-0.05, 0) is 60.2 Å². The molecule has 2 aromatic carbocycles. The number of ether oxygens (including phenoxy) is 1. The molecular weight excluding hydrogens is 373 g/mol. The molecule has 0 heterocycles. The lowest BCUT2D eigenvalue weighted by Crippen LogP contribution is -2.19. The van der Waals surface area contributed by atoms with Crippen molar-refractivity contribution in [1.82, 2.24) is 5.32 Å². The van der Waals surface area contributed by atoms with Gasteiger partial charge in [-0.2, -0.15) is 0 Å². The Kier molecular flexibility index (Phi) is 6.06. The molecule has 0 saturated heterocycles. The van der Waals surface area contributed by atoms with Gasteiger partial charge in [-0.1, -0.05) is 43.7 Å². The Morgan fingerprint density at radius 2 is 1.86 bits per heavy atom. The summed E-state index contributed by atoms with van der Waals surface area (Å²) in [6, 6.07) is 14.4. The topological polar surface area (TPSA) is 21.3 Å². The number of halogens is 1. The summed E-state index contributed by atoms with van der Waals surface area (Å²) in [7, 11) is 0. The monoisotopic (exact) mass is 395 g/mol. The standard InChI is InChI=1S/C18H22INO/c1-13(2)11-20-12-15-10-14(3)8-9-17(15)21-18-7-5-4-6-16(18)19/h4-10,13,20H,11-12H2,1-3H3. The third kappa shape index (κ3) is 5.00. The molecule has 0 fully saturated rings. The van der Waals surface area contributed by atoms with Crippen LogP contribution in [0.4, 0.5) is 0 Å². The Hall–Kier alpha value is -1.07.